The third-order valence-corrected chi connectivity index (χ3v) is 2.70. The Morgan fingerprint density at radius 3 is 2.00 bits per heavy atom. The molecule has 0 rings (SSSR count). The monoisotopic (exact) mass is 201 g/mol. The van der Waals surface area contributed by atoms with Gasteiger partial charge in [0, 0.05) is 12.6 Å². The Labute approximate surface area is 89.3 Å². The largest absolute Gasteiger partial charge is 0.396 e. The maximum Gasteiger partial charge on any atom is 0.0431 e. The van der Waals surface area contributed by atoms with E-state index in [-0.39, 0.29) is 0 Å². The molecule has 1 unspecified atom stereocenters. The third kappa shape index (κ3) is 5.61. The Bertz CT molecular complexity index is 111. The molecule has 0 fully saturated rings. The predicted molar refractivity (Wildman–Crippen MR) is 62.6 cm³/mol. The molecule has 1 atom stereocenters. The molecule has 0 aromatic carbocycles. The van der Waals surface area contributed by atoms with Gasteiger partial charge < -0.3 is 10.0 Å². The summed E-state index contributed by atoms with van der Waals surface area (Å²) in [7, 11) is 0. The lowest BCUT2D eigenvalue weighted by molar-refractivity contribution is 0.168. The maximum atomic E-state index is 8.83. The molecule has 1 N–H and O–H groups in total. The van der Waals surface area contributed by atoms with E-state index in [1.54, 1.807) is 0 Å². The summed E-state index contributed by atoms with van der Waals surface area (Å²) in [5.41, 5.74) is 0. The number of rotatable bonds is 9. The van der Waals surface area contributed by atoms with Gasteiger partial charge in [-0.15, -0.1) is 0 Å². The fourth-order valence-corrected chi connectivity index (χ4v) is 2.02. The molecule has 0 aliphatic carbocycles. The van der Waals surface area contributed by atoms with Crippen molar-refractivity contribution < 1.29 is 5.11 Å². The van der Waals surface area contributed by atoms with Gasteiger partial charge in [-0.05, 0) is 45.2 Å². The molecule has 0 spiro atoms. The molecule has 2 nitrogen and oxygen atoms in total. The highest BCUT2D eigenvalue weighted by molar-refractivity contribution is 4.69. The van der Waals surface area contributed by atoms with E-state index in [2.05, 4.69) is 25.7 Å². The Morgan fingerprint density at radius 1 is 1.07 bits per heavy atom. The molecule has 0 heterocycles. The van der Waals surface area contributed by atoms with Crippen molar-refractivity contribution in [1.82, 2.24) is 4.90 Å². The van der Waals surface area contributed by atoms with Gasteiger partial charge in [0.2, 0.25) is 0 Å². The topological polar surface area (TPSA) is 23.5 Å². The minimum atomic E-state index is 0.336. The lowest BCUT2D eigenvalue weighted by atomic mass is 10.1. The summed E-state index contributed by atoms with van der Waals surface area (Å²) in [5, 5.41) is 8.83. The van der Waals surface area contributed by atoms with E-state index in [9.17, 15) is 0 Å². The van der Waals surface area contributed by atoms with Crippen LogP contribution in [0.4, 0.5) is 0 Å². The molecule has 0 amide bonds. The van der Waals surface area contributed by atoms with E-state index >= 15 is 0 Å². The van der Waals surface area contributed by atoms with Crippen LogP contribution in [0, 0.1) is 0 Å². The first-order valence-electron chi connectivity index (χ1n) is 6.14. The van der Waals surface area contributed by atoms with Gasteiger partial charge in [-0.25, -0.2) is 0 Å². The zero-order valence-electron chi connectivity index (χ0n) is 10.1. The van der Waals surface area contributed by atoms with Gasteiger partial charge in [-0.3, -0.25) is 0 Å². The van der Waals surface area contributed by atoms with Crippen LogP contribution >= 0.6 is 0 Å². The summed E-state index contributed by atoms with van der Waals surface area (Å²) in [6.07, 6.45) is 5.76. The third-order valence-electron chi connectivity index (χ3n) is 2.70. The lowest BCUT2D eigenvalue weighted by Crippen LogP contribution is -2.36. The SMILES string of the molecule is CCCN(CCC)C(CC)CCCO. The van der Waals surface area contributed by atoms with Crippen molar-refractivity contribution in [2.75, 3.05) is 19.7 Å². The molecule has 0 aromatic heterocycles. The minimum Gasteiger partial charge on any atom is -0.396 e. The van der Waals surface area contributed by atoms with Gasteiger partial charge in [0.15, 0.2) is 0 Å². The van der Waals surface area contributed by atoms with Crippen molar-refractivity contribution in [3.05, 3.63) is 0 Å². The van der Waals surface area contributed by atoms with Crippen molar-refractivity contribution in [1.29, 1.82) is 0 Å². The molecule has 86 valence electrons. The minimum absolute atomic E-state index is 0.336. The number of hydrogen-bond acceptors (Lipinski definition) is 2. The zero-order valence-corrected chi connectivity index (χ0v) is 10.1. The average Bonchev–Trinajstić information content (AvgIpc) is 2.19. The molecule has 14 heavy (non-hydrogen) atoms. The van der Waals surface area contributed by atoms with E-state index in [0.717, 1.165) is 12.8 Å². The van der Waals surface area contributed by atoms with Crippen LogP contribution in [0.3, 0.4) is 0 Å². The van der Waals surface area contributed by atoms with Gasteiger partial charge in [0.05, 0.1) is 0 Å². The molecule has 0 bridgehead atoms. The number of nitrogens with zero attached hydrogens (tertiary/aromatic N) is 1. The molecule has 0 saturated carbocycles. The van der Waals surface area contributed by atoms with Crippen LogP contribution in [0.15, 0.2) is 0 Å². The first-order chi connectivity index (χ1) is 6.79. The van der Waals surface area contributed by atoms with Gasteiger partial charge in [0.25, 0.3) is 0 Å². The van der Waals surface area contributed by atoms with E-state index in [1.165, 1.54) is 32.4 Å². The van der Waals surface area contributed by atoms with Crippen LogP contribution in [0.1, 0.15) is 52.9 Å². The maximum absolute atomic E-state index is 8.83. The van der Waals surface area contributed by atoms with Crippen LogP contribution in [-0.4, -0.2) is 35.7 Å². The van der Waals surface area contributed by atoms with Crippen LogP contribution in [0.5, 0.6) is 0 Å². The fourth-order valence-electron chi connectivity index (χ4n) is 2.02. The predicted octanol–water partition coefficient (Wildman–Crippen LogP) is 2.66. The number of hydrogen-bond donors (Lipinski definition) is 1. The van der Waals surface area contributed by atoms with Crippen molar-refractivity contribution in [3.63, 3.8) is 0 Å². The van der Waals surface area contributed by atoms with Crippen LogP contribution < -0.4 is 0 Å². The fraction of sp³-hybridized carbons (Fsp3) is 1.00. The molecule has 0 aliphatic heterocycles. The quantitative estimate of drug-likeness (QED) is 0.620. The Morgan fingerprint density at radius 2 is 1.64 bits per heavy atom. The smallest absolute Gasteiger partial charge is 0.0431 e. The zero-order chi connectivity index (χ0) is 10.8. The van der Waals surface area contributed by atoms with E-state index in [4.69, 9.17) is 5.11 Å². The lowest BCUT2D eigenvalue weighted by Gasteiger charge is -2.30. The average molecular weight is 201 g/mol. The van der Waals surface area contributed by atoms with E-state index in [0.29, 0.717) is 12.6 Å². The molecule has 0 aromatic rings. The normalized spacial score (nSPS) is 13.5. The first-order valence-corrected chi connectivity index (χ1v) is 6.14. The summed E-state index contributed by atoms with van der Waals surface area (Å²) >= 11 is 0. The number of aliphatic hydroxyl groups is 1. The number of aliphatic hydroxyl groups excluding tert-OH is 1. The standard InChI is InChI=1S/C12H27NO/c1-4-9-13(10-5-2)12(6-3)8-7-11-14/h12,14H,4-11H2,1-3H3. The van der Waals surface area contributed by atoms with Gasteiger partial charge in [-0.2, -0.15) is 0 Å². The van der Waals surface area contributed by atoms with Gasteiger partial charge >= 0.3 is 0 Å². The molecule has 0 aliphatic rings. The van der Waals surface area contributed by atoms with Gasteiger partial charge in [-0.1, -0.05) is 20.8 Å². The summed E-state index contributed by atoms with van der Waals surface area (Å²) in [5.74, 6) is 0. The van der Waals surface area contributed by atoms with E-state index in [1.807, 2.05) is 0 Å². The summed E-state index contributed by atoms with van der Waals surface area (Å²) in [6.45, 7) is 9.47. The Hall–Kier alpha value is -0.0800. The van der Waals surface area contributed by atoms with Crippen LogP contribution in [-0.2, 0) is 0 Å². The molecular weight excluding hydrogens is 174 g/mol. The molecular formula is C12H27NO. The van der Waals surface area contributed by atoms with Crippen molar-refractivity contribution >= 4 is 0 Å². The first kappa shape index (κ1) is 13.9. The second kappa shape index (κ2) is 9.47. The summed E-state index contributed by atoms with van der Waals surface area (Å²) in [4.78, 5) is 2.58. The Kier molecular flexibility index (Phi) is 9.42. The molecule has 0 saturated heterocycles. The highest BCUT2D eigenvalue weighted by Gasteiger charge is 2.14. The van der Waals surface area contributed by atoms with E-state index < -0.39 is 0 Å². The van der Waals surface area contributed by atoms with Crippen molar-refractivity contribution in [2.45, 2.75) is 58.9 Å². The molecule has 2 heteroatoms. The van der Waals surface area contributed by atoms with Gasteiger partial charge in [0.1, 0.15) is 0 Å². The van der Waals surface area contributed by atoms with Crippen LogP contribution in [0.25, 0.3) is 0 Å². The van der Waals surface area contributed by atoms with Crippen LogP contribution in [0.2, 0.25) is 0 Å². The van der Waals surface area contributed by atoms with Crippen molar-refractivity contribution in [3.8, 4) is 0 Å². The van der Waals surface area contributed by atoms with Crippen molar-refractivity contribution in [2.24, 2.45) is 0 Å². The highest BCUT2D eigenvalue weighted by atomic mass is 16.2. The summed E-state index contributed by atoms with van der Waals surface area (Å²) < 4.78 is 0. The second-order valence-electron chi connectivity index (χ2n) is 3.96. The molecule has 0 radical (unpaired) electrons. The highest BCUT2D eigenvalue weighted by Crippen LogP contribution is 2.12. The summed E-state index contributed by atoms with van der Waals surface area (Å²) in [6, 6.07) is 0.682. The Balaban J connectivity index is 3.96. The second-order valence-corrected chi connectivity index (χ2v) is 3.96.